The van der Waals surface area contributed by atoms with Gasteiger partial charge in [0.2, 0.25) is 0 Å². The summed E-state index contributed by atoms with van der Waals surface area (Å²) in [6, 6.07) is 10.7. The minimum Gasteiger partial charge on any atom is -0.329 e. The number of nitrogens with zero attached hydrogens (tertiary/aromatic N) is 1. The molecule has 0 amide bonds. The first kappa shape index (κ1) is 14.5. The van der Waals surface area contributed by atoms with Gasteiger partial charge in [-0.3, -0.25) is 0 Å². The summed E-state index contributed by atoms with van der Waals surface area (Å²) in [4.78, 5) is 2.54. The lowest BCUT2D eigenvalue weighted by Crippen LogP contribution is -2.39. The highest BCUT2D eigenvalue weighted by Gasteiger charge is 2.16. The molecule has 1 fully saturated rings. The second-order valence-corrected chi connectivity index (χ2v) is 5.52. The van der Waals surface area contributed by atoms with Gasteiger partial charge < -0.3 is 16.0 Å². The average Bonchev–Trinajstić information content (AvgIpc) is 2.47. The van der Waals surface area contributed by atoms with Gasteiger partial charge in [-0.15, -0.1) is 0 Å². The number of rotatable bonds is 7. The van der Waals surface area contributed by atoms with Crippen molar-refractivity contribution in [3.63, 3.8) is 0 Å². The number of piperidine rings is 1. The van der Waals surface area contributed by atoms with Gasteiger partial charge in [0.1, 0.15) is 0 Å². The molecule has 0 unspecified atom stereocenters. The lowest BCUT2D eigenvalue weighted by atomic mass is 9.97. The van der Waals surface area contributed by atoms with Crippen LogP contribution in [0.2, 0.25) is 0 Å². The molecule has 1 heterocycles. The molecule has 0 radical (unpaired) electrons. The quantitative estimate of drug-likeness (QED) is 0.781. The molecule has 0 bridgehead atoms. The molecular weight excluding hydrogens is 234 g/mol. The first-order valence-electron chi connectivity index (χ1n) is 7.55. The van der Waals surface area contributed by atoms with Crippen LogP contribution in [0.3, 0.4) is 0 Å². The van der Waals surface area contributed by atoms with E-state index in [0.29, 0.717) is 0 Å². The predicted molar refractivity (Wildman–Crippen MR) is 81.2 cm³/mol. The van der Waals surface area contributed by atoms with E-state index < -0.39 is 0 Å². The molecule has 106 valence electrons. The van der Waals surface area contributed by atoms with Crippen molar-refractivity contribution in [2.75, 3.05) is 39.3 Å². The number of hydrogen-bond acceptors (Lipinski definition) is 3. The standard InChI is InChI=1S/C16H27N3/c17-9-13-19(14-16-6-10-18-11-7-16)12-8-15-4-2-1-3-5-15/h1-5,16,18H,6-14,17H2. The summed E-state index contributed by atoms with van der Waals surface area (Å²) in [6.45, 7) is 6.49. The van der Waals surface area contributed by atoms with Crippen LogP contribution in [0, 0.1) is 5.92 Å². The average molecular weight is 261 g/mol. The smallest absolute Gasteiger partial charge is 0.0105 e. The summed E-state index contributed by atoms with van der Waals surface area (Å²) in [6.07, 6.45) is 3.75. The molecule has 3 nitrogen and oxygen atoms in total. The molecule has 3 N–H and O–H groups in total. The zero-order chi connectivity index (χ0) is 13.3. The van der Waals surface area contributed by atoms with Crippen LogP contribution in [-0.4, -0.2) is 44.2 Å². The van der Waals surface area contributed by atoms with Gasteiger partial charge in [-0.25, -0.2) is 0 Å². The molecule has 0 aliphatic carbocycles. The van der Waals surface area contributed by atoms with E-state index in [-0.39, 0.29) is 0 Å². The first-order chi connectivity index (χ1) is 9.38. The van der Waals surface area contributed by atoms with Gasteiger partial charge >= 0.3 is 0 Å². The summed E-state index contributed by atoms with van der Waals surface area (Å²) in [5.74, 6) is 0.851. The van der Waals surface area contributed by atoms with Crippen LogP contribution in [0.25, 0.3) is 0 Å². The van der Waals surface area contributed by atoms with Gasteiger partial charge in [0.25, 0.3) is 0 Å². The van der Waals surface area contributed by atoms with Crippen LogP contribution < -0.4 is 11.1 Å². The van der Waals surface area contributed by atoms with Crippen molar-refractivity contribution in [1.29, 1.82) is 0 Å². The van der Waals surface area contributed by atoms with Crippen molar-refractivity contribution in [3.8, 4) is 0 Å². The van der Waals surface area contributed by atoms with E-state index in [1.807, 2.05) is 0 Å². The second kappa shape index (κ2) is 8.31. The van der Waals surface area contributed by atoms with Gasteiger partial charge in [-0.2, -0.15) is 0 Å². The Bertz CT molecular complexity index is 333. The number of nitrogens with two attached hydrogens (primary N) is 1. The highest BCUT2D eigenvalue weighted by Crippen LogP contribution is 2.13. The fourth-order valence-electron chi connectivity index (χ4n) is 2.84. The number of hydrogen-bond donors (Lipinski definition) is 2. The third kappa shape index (κ3) is 5.31. The van der Waals surface area contributed by atoms with E-state index in [4.69, 9.17) is 5.73 Å². The zero-order valence-corrected chi connectivity index (χ0v) is 11.9. The van der Waals surface area contributed by atoms with Gasteiger partial charge in [0.15, 0.2) is 0 Å². The van der Waals surface area contributed by atoms with Crippen molar-refractivity contribution in [1.82, 2.24) is 10.2 Å². The van der Waals surface area contributed by atoms with Crippen molar-refractivity contribution in [3.05, 3.63) is 35.9 Å². The summed E-state index contributed by atoms with van der Waals surface area (Å²) in [5, 5.41) is 3.43. The Morgan fingerprint density at radius 2 is 1.84 bits per heavy atom. The Morgan fingerprint density at radius 1 is 1.11 bits per heavy atom. The maximum absolute atomic E-state index is 5.75. The fraction of sp³-hybridized carbons (Fsp3) is 0.625. The van der Waals surface area contributed by atoms with E-state index in [0.717, 1.165) is 32.0 Å². The van der Waals surface area contributed by atoms with Crippen LogP contribution in [0.5, 0.6) is 0 Å². The first-order valence-corrected chi connectivity index (χ1v) is 7.55. The van der Waals surface area contributed by atoms with Crippen molar-refractivity contribution in [2.45, 2.75) is 19.3 Å². The van der Waals surface area contributed by atoms with E-state index in [1.165, 1.54) is 38.0 Å². The molecule has 0 saturated carbocycles. The Hall–Kier alpha value is -0.900. The van der Waals surface area contributed by atoms with Crippen LogP contribution in [-0.2, 0) is 6.42 Å². The lowest BCUT2D eigenvalue weighted by molar-refractivity contribution is 0.211. The monoisotopic (exact) mass is 261 g/mol. The highest BCUT2D eigenvalue weighted by atomic mass is 15.1. The van der Waals surface area contributed by atoms with Crippen molar-refractivity contribution >= 4 is 0 Å². The summed E-state index contributed by atoms with van der Waals surface area (Å²) in [5.41, 5.74) is 7.18. The van der Waals surface area contributed by atoms with Crippen LogP contribution >= 0.6 is 0 Å². The molecule has 0 atom stereocenters. The van der Waals surface area contributed by atoms with Crippen LogP contribution in [0.4, 0.5) is 0 Å². The van der Waals surface area contributed by atoms with E-state index in [2.05, 4.69) is 40.5 Å². The molecule has 0 spiro atoms. The van der Waals surface area contributed by atoms with Gasteiger partial charge in [0.05, 0.1) is 0 Å². The zero-order valence-electron chi connectivity index (χ0n) is 11.9. The SMILES string of the molecule is NCCN(CCc1ccccc1)CC1CCNCC1. The Kier molecular flexibility index (Phi) is 6.34. The molecule has 1 aromatic rings. The summed E-state index contributed by atoms with van der Waals surface area (Å²) < 4.78 is 0. The Morgan fingerprint density at radius 3 is 2.53 bits per heavy atom. The van der Waals surface area contributed by atoms with Gasteiger partial charge in [-0.1, -0.05) is 30.3 Å². The second-order valence-electron chi connectivity index (χ2n) is 5.52. The molecule has 0 aromatic heterocycles. The molecule has 19 heavy (non-hydrogen) atoms. The fourth-order valence-corrected chi connectivity index (χ4v) is 2.84. The van der Waals surface area contributed by atoms with E-state index in [9.17, 15) is 0 Å². The molecule has 1 aromatic carbocycles. The Balaban J connectivity index is 1.78. The topological polar surface area (TPSA) is 41.3 Å². The highest BCUT2D eigenvalue weighted by molar-refractivity contribution is 5.14. The third-order valence-corrected chi connectivity index (χ3v) is 3.98. The minimum absolute atomic E-state index is 0.764. The van der Waals surface area contributed by atoms with Gasteiger partial charge in [-0.05, 0) is 43.8 Å². The summed E-state index contributed by atoms with van der Waals surface area (Å²) in [7, 11) is 0. The third-order valence-electron chi connectivity index (χ3n) is 3.98. The molecule has 2 rings (SSSR count). The maximum Gasteiger partial charge on any atom is 0.0105 e. The molecule has 1 aliphatic rings. The number of nitrogens with one attached hydrogen (secondary N) is 1. The van der Waals surface area contributed by atoms with Crippen molar-refractivity contribution < 1.29 is 0 Å². The lowest BCUT2D eigenvalue weighted by Gasteiger charge is -2.29. The minimum atomic E-state index is 0.764. The van der Waals surface area contributed by atoms with Crippen LogP contribution in [0.15, 0.2) is 30.3 Å². The van der Waals surface area contributed by atoms with E-state index in [1.54, 1.807) is 0 Å². The number of benzene rings is 1. The van der Waals surface area contributed by atoms with Crippen LogP contribution in [0.1, 0.15) is 18.4 Å². The molecular formula is C16H27N3. The normalized spacial score (nSPS) is 16.9. The molecule has 1 aliphatic heterocycles. The molecule has 1 saturated heterocycles. The van der Waals surface area contributed by atoms with Crippen molar-refractivity contribution in [2.24, 2.45) is 11.7 Å². The predicted octanol–water partition coefficient (Wildman–Crippen LogP) is 1.49. The largest absolute Gasteiger partial charge is 0.329 e. The Labute approximate surface area is 117 Å². The molecule has 3 heteroatoms. The maximum atomic E-state index is 5.75. The van der Waals surface area contributed by atoms with E-state index >= 15 is 0 Å². The summed E-state index contributed by atoms with van der Waals surface area (Å²) >= 11 is 0. The van der Waals surface area contributed by atoms with Gasteiger partial charge in [0, 0.05) is 26.2 Å².